The lowest BCUT2D eigenvalue weighted by Crippen LogP contribution is -2.28. The summed E-state index contributed by atoms with van der Waals surface area (Å²) in [6.07, 6.45) is -3.70. The van der Waals surface area contributed by atoms with E-state index in [2.05, 4.69) is 0 Å². The molecule has 0 unspecified atom stereocenters. The highest BCUT2D eigenvalue weighted by Gasteiger charge is 2.37. The number of benzene rings is 2. The van der Waals surface area contributed by atoms with Crippen molar-refractivity contribution >= 4 is 5.97 Å². The third-order valence-electron chi connectivity index (χ3n) is 3.70. The summed E-state index contributed by atoms with van der Waals surface area (Å²) >= 11 is 0. The number of aliphatic hydroxyl groups is 1. The molecule has 4 nitrogen and oxygen atoms in total. The van der Waals surface area contributed by atoms with Crippen LogP contribution in [0.5, 0.6) is 0 Å². The molecule has 26 heavy (non-hydrogen) atoms. The van der Waals surface area contributed by atoms with Crippen LogP contribution in [0.25, 0.3) is 0 Å². The van der Waals surface area contributed by atoms with Crippen molar-refractivity contribution in [1.29, 1.82) is 0 Å². The maximum Gasteiger partial charge on any atom is 0.319 e. The van der Waals surface area contributed by atoms with E-state index in [1.807, 2.05) is 0 Å². The van der Waals surface area contributed by atoms with Crippen molar-refractivity contribution in [2.75, 3.05) is 6.61 Å². The Labute approximate surface area is 150 Å². The van der Waals surface area contributed by atoms with Gasteiger partial charge in [-0.15, -0.1) is 0 Å². The number of hydrogen-bond donors (Lipinski definition) is 1. The van der Waals surface area contributed by atoms with Gasteiger partial charge in [0.2, 0.25) is 0 Å². The fraction of sp³-hybridized carbons (Fsp3) is 0.250. The minimum Gasteiger partial charge on any atom is -0.487 e. The van der Waals surface area contributed by atoms with Gasteiger partial charge in [-0.3, -0.25) is 4.79 Å². The minimum absolute atomic E-state index is 0.00326. The first-order valence-electron chi connectivity index (χ1n) is 8.16. The van der Waals surface area contributed by atoms with Gasteiger partial charge in [-0.05, 0) is 18.1 Å². The molecular weight excluding hydrogens is 342 g/mol. The first-order valence-corrected chi connectivity index (χ1v) is 8.16. The molecular formula is C20H20F2O4. The van der Waals surface area contributed by atoms with Crippen LogP contribution in [0.2, 0.25) is 0 Å². The van der Waals surface area contributed by atoms with E-state index in [-0.39, 0.29) is 13.2 Å². The van der Waals surface area contributed by atoms with Gasteiger partial charge in [-0.1, -0.05) is 60.7 Å². The highest BCUT2D eigenvalue weighted by molar-refractivity contribution is 5.76. The van der Waals surface area contributed by atoms with Gasteiger partial charge in [-0.2, -0.15) is 8.78 Å². The van der Waals surface area contributed by atoms with Gasteiger partial charge in [-0.25, -0.2) is 0 Å². The molecule has 0 fully saturated rings. The molecule has 0 aliphatic carbocycles. The zero-order chi connectivity index (χ0) is 18.9. The molecule has 138 valence electrons. The van der Waals surface area contributed by atoms with E-state index in [9.17, 15) is 18.7 Å². The predicted molar refractivity (Wildman–Crippen MR) is 92.0 cm³/mol. The number of hydrogen-bond acceptors (Lipinski definition) is 4. The summed E-state index contributed by atoms with van der Waals surface area (Å²) in [6.45, 7) is 1.39. The van der Waals surface area contributed by atoms with Crippen LogP contribution in [0, 0.1) is 5.92 Å². The van der Waals surface area contributed by atoms with Crippen molar-refractivity contribution < 1.29 is 28.2 Å². The largest absolute Gasteiger partial charge is 0.487 e. The molecule has 2 rings (SSSR count). The van der Waals surface area contributed by atoms with Crippen LogP contribution < -0.4 is 0 Å². The molecule has 2 atom stereocenters. The third kappa shape index (κ3) is 5.13. The Bertz CT molecular complexity index is 728. The lowest BCUT2D eigenvalue weighted by atomic mass is 9.94. The Balaban J connectivity index is 2.30. The maximum absolute atomic E-state index is 13.6. The maximum atomic E-state index is 13.6. The summed E-state index contributed by atoms with van der Waals surface area (Å²) in [5, 5.41) is 10.5. The lowest BCUT2D eigenvalue weighted by molar-refractivity contribution is -0.152. The highest BCUT2D eigenvalue weighted by atomic mass is 19.3. The molecule has 6 heteroatoms. The molecule has 0 radical (unpaired) electrons. The van der Waals surface area contributed by atoms with Crippen LogP contribution in [0.1, 0.15) is 24.2 Å². The first kappa shape index (κ1) is 19.6. The molecule has 0 aliphatic rings. The Hall–Kier alpha value is -2.73. The van der Waals surface area contributed by atoms with Gasteiger partial charge in [0.05, 0.1) is 12.7 Å². The molecule has 0 aliphatic heterocycles. The third-order valence-corrected chi connectivity index (χ3v) is 3.70. The SMILES string of the molecule is CCOC(=O)[C@@H](C(OCc1ccccc1)=C(F)F)[C@H](O)c1ccccc1. The quantitative estimate of drug-likeness (QED) is 0.564. The van der Waals surface area contributed by atoms with E-state index in [1.165, 1.54) is 0 Å². The summed E-state index contributed by atoms with van der Waals surface area (Å²) in [5.41, 5.74) is 0.968. The summed E-state index contributed by atoms with van der Waals surface area (Å²) in [5.74, 6) is -3.52. The fourth-order valence-corrected chi connectivity index (χ4v) is 2.45. The van der Waals surface area contributed by atoms with Crippen molar-refractivity contribution in [2.45, 2.75) is 19.6 Å². The Morgan fingerprint density at radius 1 is 1.00 bits per heavy atom. The first-order chi connectivity index (χ1) is 12.5. The molecule has 1 N–H and O–H groups in total. The Morgan fingerprint density at radius 2 is 1.58 bits per heavy atom. The zero-order valence-electron chi connectivity index (χ0n) is 14.3. The monoisotopic (exact) mass is 362 g/mol. The molecule has 2 aromatic carbocycles. The second-order valence-corrected chi connectivity index (χ2v) is 5.48. The summed E-state index contributed by atoms with van der Waals surface area (Å²) < 4.78 is 37.2. The fourth-order valence-electron chi connectivity index (χ4n) is 2.45. The lowest BCUT2D eigenvalue weighted by Gasteiger charge is -2.23. The minimum atomic E-state index is -2.17. The van der Waals surface area contributed by atoms with Crippen molar-refractivity contribution in [3.05, 3.63) is 83.6 Å². The predicted octanol–water partition coefficient (Wildman–Crippen LogP) is 4.22. The van der Waals surface area contributed by atoms with Gasteiger partial charge in [0.25, 0.3) is 0 Å². The van der Waals surface area contributed by atoms with Gasteiger partial charge < -0.3 is 14.6 Å². The normalized spacial score (nSPS) is 12.8. The molecule has 2 aromatic rings. The van der Waals surface area contributed by atoms with E-state index >= 15 is 0 Å². The number of halogens is 2. The summed E-state index contributed by atoms with van der Waals surface area (Å²) in [6, 6.07) is 16.8. The van der Waals surface area contributed by atoms with E-state index in [4.69, 9.17) is 9.47 Å². The molecule has 0 saturated heterocycles. The van der Waals surface area contributed by atoms with Crippen LogP contribution in [-0.2, 0) is 20.9 Å². The van der Waals surface area contributed by atoms with E-state index in [0.717, 1.165) is 0 Å². The number of aliphatic hydroxyl groups excluding tert-OH is 1. The topological polar surface area (TPSA) is 55.8 Å². The second-order valence-electron chi connectivity index (χ2n) is 5.48. The Morgan fingerprint density at radius 3 is 2.12 bits per heavy atom. The van der Waals surface area contributed by atoms with Crippen molar-refractivity contribution in [2.24, 2.45) is 5.92 Å². The van der Waals surface area contributed by atoms with Gasteiger partial charge in [0, 0.05) is 0 Å². The molecule has 0 bridgehead atoms. The van der Waals surface area contributed by atoms with E-state index in [0.29, 0.717) is 11.1 Å². The number of carbonyl (C=O) groups excluding carboxylic acids is 1. The van der Waals surface area contributed by atoms with Crippen molar-refractivity contribution in [1.82, 2.24) is 0 Å². The number of ether oxygens (including phenoxy) is 2. The zero-order valence-corrected chi connectivity index (χ0v) is 14.3. The number of esters is 1. The average molecular weight is 362 g/mol. The average Bonchev–Trinajstić information content (AvgIpc) is 2.66. The van der Waals surface area contributed by atoms with Crippen LogP contribution in [-0.4, -0.2) is 17.7 Å². The van der Waals surface area contributed by atoms with Crippen LogP contribution in [0.4, 0.5) is 8.78 Å². The number of rotatable bonds is 8. The van der Waals surface area contributed by atoms with Gasteiger partial charge in [0.1, 0.15) is 12.5 Å². The number of carbonyl (C=O) groups is 1. The highest BCUT2D eigenvalue weighted by Crippen LogP contribution is 2.33. The van der Waals surface area contributed by atoms with Crippen LogP contribution in [0.15, 0.2) is 72.5 Å². The van der Waals surface area contributed by atoms with Gasteiger partial charge in [0.15, 0.2) is 5.76 Å². The van der Waals surface area contributed by atoms with E-state index in [1.54, 1.807) is 67.6 Å². The molecule has 0 spiro atoms. The van der Waals surface area contributed by atoms with E-state index < -0.39 is 29.8 Å². The second kappa shape index (κ2) is 9.68. The van der Waals surface area contributed by atoms with Crippen LogP contribution >= 0.6 is 0 Å². The Kier molecular flexibility index (Phi) is 7.29. The van der Waals surface area contributed by atoms with Crippen molar-refractivity contribution in [3.8, 4) is 0 Å². The smallest absolute Gasteiger partial charge is 0.319 e. The molecule has 0 heterocycles. The van der Waals surface area contributed by atoms with Gasteiger partial charge >= 0.3 is 12.0 Å². The molecule has 0 saturated carbocycles. The standard InChI is InChI=1S/C20H20F2O4/c1-2-25-20(24)16(17(23)15-11-7-4-8-12-15)18(19(21)22)26-13-14-9-5-3-6-10-14/h3-12,16-17,23H,2,13H2,1H3/t16-,17-/m1/s1. The summed E-state index contributed by atoms with van der Waals surface area (Å²) in [4.78, 5) is 12.3. The molecule has 0 aromatic heterocycles. The van der Waals surface area contributed by atoms with Crippen molar-refractivity contribution in [3.63, 3.8) is 0 Å². The summed E-state index contributed by atoms with van der Waals surface area (Å²) in [7, 11) is 0. The molecule has 0 amide bonds. The van der Waals surface area contributed by atoms with Crippen LogP contribution in [0.3, 0.4) is 0 Å².